The fourth-order valence-corrected chi connectivity index (χ4v) is 1.08. The van der Waals surface area contributed by atoms with Crippen molar-refractivity contribution in [2.75, 3.05) is 0 Å². The van der Waals surface area contributed by atoms with Crippen LogP contribution in [0.15, 0.2) is 35.9 Å². The molecule has 0 spiro atoms. The van der Waals surface area contributed by atoms with Crippen molar-refractivity contribution in [1.82, 2.24) is 0 Å². The summed E-state index contributed by atoms with van der Waals surface area (Å²) in [7, 11) is 0. The van der Waals surface area contributed by atoms with Crippen LogP contribution in [0, 0.1) is 5.41 Å². The predicted octanol–water partition coefficient (Wildman–Crippen LogP) is 1.84. The van der Waals surface area contributed by atoms with E-state index in [4.69, 9.17) is 15.9 Å². The largest absolute Gasteiger partial charge is 0.423 e. The standard InChI is InChI=1S/C12H14N2O2/c1-8(2)7-11(15)16-10-5-3-9(4-6-10)12(13)14/h3-7H,1-2H3,(H3,13,14). The molecule has 0 aliphatic carbocycles. The molecule has 3 N–H and O–H groups in total. The zero-order valence-corrected chi connectivity index (χ0v) is 9.28. The molecule has 0 amide bonds. The van der Waals surface area contributed by atoms with Crippen molar-refractivity contribution < 1.29 is 9.53 Å². The molecule has 0 bridgehead atoms. The average molecular weight is 218 g/mol. The summed E-state index contributed by atoms with van der Waals surface area (Å²) in [5.74, 6) is 0.0188. The van der Waals surface area contributed by atoms with Crippen LogP contribution in [-0.2, 0) is 4.79 Å². The Balaban J connectivity index is 2.73. The zero-order valence-electron chi connectivity index (χ0n) is 9.28. The second-order valence-corrected chi connectivity index (χ2v) is 3.58. The Hall–Kier alpha value is -2.10. The van der Waals surface area contributed by atoms with Crippen molar-refractivity contribution >= 4 is 11.8 Å². The lowest BCUT2D eigenvalue weighted by atomic mass is 10.2. The first-order valence-electron chi connectivity index (χ1n) is 4.80. The van der Waals surface area contributed by atoms with Crippen molar-refractivity contribution in [3.63, 3.8) is 0 Å². The Morgan fingerprint density at radius 1 is 1.31 bits per heavy atom. The summed E-state index contributed by atoms with van der Waals surface area (Å²) in [6.07, 6.45) is 1.42. The number of amidine groups is 1. The van der Waals surface area contributed by atoms with Crippen molar-refractivity contribution in [3.05, 3.63) is 41.5 Å². The highest BCUT2D eigenvalue weighted by molar-refractivity contribution is 5.95. The Morgan fingerprint density at radius 3 is 2.31 bits per heavy atom. The van der Waals surface area contributed by atoms with Gasteiger partial charge in [-0.25, -0.2) is 4.79 Å². The van der Waals surface area contributed by atoms with E-state index in [2.05, 4.69) is 0 Å². The molecule has 1 rings (SSSR count). The third kappa shape index (κ3) is 3.57. The first-order chi connectivity index (χ1) is 7.49. The molecular weight excluding hydrogens is 204 g/mol. The highest BCUT2D eigenvalue weighted by Gasteiger charge is 2.02. The summed E-state index contributed by atoms with van der Waals surface area (Å²) in [6.45, 7) is 3.64. The first-order valence-corrected chi connectivity index (χ1v) is 4.80. The average Bonchev–Trinajstić information content (AvgIpc) is 2.16. The molecular formula is C12H14N2O2. The highest BCUT2D eigenvalue weighted by Crippen LogP contribution is 2.12. The Morgan fingerprint density at radius 2 is 1.88 bits per heavy atom. The molecule has 4 heteroatoms. The molecule has 0 atom stereocenters. The number of hydrogen-bond donors (Lipinski definition) is 2. The van der Waals surface area contributed by atoms with Gasteiger partial charge in [-0.2, -0.15) is 0 Å². The van der Waals surface area contributed by atoms with E-state index < -0.39 is 5.97 Å². The van der Waals surface area contributed by atoms with Crippen molar-refractivity contribution in [3.8, 4) is 5.75 Å². The number of benzene rings is 1. The smallest absolute Gasteiger partial charge is 0.336 e. The molecule has 4 nitrogen and oxygen atoms in total. The van der Waals surface area contributed by atoms with Crippen LogP contribution >= 0.6 is 0 Å². The van der Waals surface area contributed by atoms with E-state index in [1.165, 1.54) is 6.08 Å². The van der Waals surface area contributed by atoms with Gasteiger partial charge in [-0.3, -0.25) is 5.41 Å². The van der Waals surface area contributed by atoms with Crippen LogP contribution in [0.4, 0.5) is 0 Å². The summed E-state index contributed by atoms with van der Waals surface area (Å²) in [5, 5.41) is 7.20. The van der Waals surface area contributed by atoms with Gasteiger partial charge >= 0.3 is 5.97 Å². The minimum atomic E-state index is -0.407. The monoisotopic (exact) mass is 218 g/mol. The highest BCUT2D eigenvalue weighted by atomic mass is 16.5. The Bertz CT molecular complexity index is 429. The van der Waals surface area contributed by atoms with Gasteiger partial charge in [0.2, 0.25) is 0 Å². The molecule has 16 heavy (non-hydrogen) atoms. The topological polar surface area (TPSA) is 76.2 Å². The van der Waals surface area contributed by atoms with Gasteiger partial charge in [0.25, 0.3) is 0 Å². The maximum Gasteiger partial charge on any atom is 0.336 e. The number of ether oxygens (including phenoxy) is 1. The van der Waals surface area contributed by atoms with E-state index in [0.29, 0.717) is 11.3 Å². The van der Waals surface area contributed by atoms with Crippen LogP contribution in [-0.4, -0.2) is 11.8 Å². The van der Waals surface area contributed by atoms with Crippen LogP contribution in [0.2, 0.25) is 0 Å². The van der Waals surface area contributed by atoms with Crippen LogP contribution in [0.3, 0.4) is 0 Å². The third-order valence-electron chi connectivity index (χ3n) is 1.79. The lowest BCUT2D eigenvalue weighted by Crippen LogP contribution is -2.11. The zero-order chi connectivity index (χ0) is 12.1. The number of hydrogen-bond acceptors (Lipinski definition) is 3. The van der Waals surface area contributed by atoms with Gasteiger partial charge in [-0.15, -0.1) is 0 Å². The molecule has 0 fully saturated rings. The van der Waals surface area contributed by atoms with Gasteiger partial charge in [0.15, 0.2) is 0 Å². The minimum Gasteiger partial charge on any atom is -0.423 e. The number of esters is 1. The van der Waals surface area contributed by atoms with Crippen LogP contribution in [0.1, 0.15) is 19.4 Å². The van der Waals surface area contributed by atoms with E-state index in [0.717, 1.165) is 5.57 Å². The summed E-state index contributed by atoms with van der Waals surface area (Å²) < 4.78 is 5.03. The van der Waals surface area contributed by atoms with Gasteiger partial charge in [0.05, 0.1) is 0 Å². The third-order valence-corrected chi connectivity index (χ3v) is 1.79. The number of allylic oxidation sites excluding steroid dienone is 1. The van der Waals surface area contributed by atoms with E-state index in [-0.39, 0.29) is 5.84 Å². The van der Waals surface area contributed by atoms with Crippen molar-refractivity contribution in [2.45, 2.75) is 13.8 Å². The number of rotatable bonds is 3. The lowest BCUT2D eigenvalue weighted by molar-refractivity contribution is -0.129. The second kappa shape index (κ2) is 5.11. The SMILES string of the molecule is CC(C)=CC(=O)Oc1ccc(C(=N)N)cc1. The first kappa shape index (κ1) is 12.0. The van der Waals surface area contributed by atoms with Crippen molar-refractivity contribution in [2.24, 2.45) is 5.73 Å². The fraction of sp³-hybridized carbons (Fsp3) is 0.167. The number of nitrogens with one attached hydrogen (secondary N) is 1. The summed E-state index contributed by atoms with van der Waals surface area (Å²) >= 11 is 0. The second-order valence-electron chi connectivity index (χ2n) is 3.58. The summed E-state index contributed by atoms with van der Waals surface area (Å²) in [5.41, 5.74) is 6.78. The normalized spacial score (nSPS) is 9.38. The molecule has 1 aromatic carbocycles. The van der Waals surface area contributed by atoms with E-state index in [1.807, 2.05) is 13.8 Å². The molecule has 0 saturated heterocycles. The molecule has 0 heterocycles. The Kier molecular flexibility index (Phi) is 3.83. The summed E-state index contributed by atoms with van der Waals surface area (Å²) in [6, 6.07) is 6.47. The molecule has 84 valence electrons. The predicted molar refractivity (Wildman–Crippen MR) is 62.5 cm³/mol. The minimum absolute atomic E-state index is 0.0119. The number of carbonyl (C=O) groups excluding carboxylic acids is 1. The van der Waals surface area contributed by atoms with E-state index in [1.54, 1.807) is 24.3 Å². The van der Waals surface area contributed by atoms with Gasteiger partial charge in [-0.1, -0.05) is 5.57 Å². The number of nitrogens with two attached hydrogens (primary N) is 1. The number of carbonyl (C=O) groups is 1. The van der Waals surface area contributed by atoms with Gasteiger partial charge in [0, 0.05) is 11.6 Å². The molecule has 0 radical (unpaired) electrons. The van der Waals surface area contributed by atoms with Crippen LogP contribution in [0.5, 0.6) is 5.75 Å². The molecule has 0 saturated carbocycles. The molecule has 1 aromatic rings. The molecule has 0 unspecified atom stereocenters. The van der Waals surface area contributed by atoms with Crippen LogP contribution in [0.25, 0.3) is 0 Å². The van der Waals surface area contributed by atoms with Gasteiger partial charge in [-0.05, 0) is 38.1 Å². The maximum absolute atomic E-state index is 11.3. The van der Waals surface area contributed by atoms with Crippen molar-refractivity contribution in [1.29, 1.82) is 5.41 Å². The quantitative estimate of drug-likeness (QED) is 0.267. The van der Waals surface area contributed by atoms with E-state index in [9.17, 15) is 4.79 Å². The summed E-state index contributed by atoms with van der Waals surface area (Å²) in [4.78, 5) is 11.3. The lowest BCUT2D eigenvalue weighted by Gasteiger charge is -2.03. The molecule has 0 aliphatic rings. The van der Waals surface area contributed by atoms with Gasteiger partial charge in [0.1, 0.15) is 11.6 Å². The van der Waals surface area contributed by atoms with Crippen LogP contribution < -0.4 is 10.5 Å². The Labute approximate surface area is 94.2 Å². The molecule has 0 aromatic heterocycles. The maximum atomic E-state index is 11.3. The van der Waals surface area contributed by atoms with E-state index >= 15 is 0 Å². The molecule has 0 aliphatic heterocycles. The number of nitrogen functional groups attached to an aromatic ring is 1. The fourth-order valence-electron chi connectivity index (χ4n) is 1.08. The van der Waals surface area contributed by atoms with Gasteiger partial charge < -0.3 is 10.5 Å².